The molecule has 2 aromatic carbocycles. The Balaban J connectivity index is 1.25. The number of likely N-dealkylation sites (tertiary alicyclic amines) is 1. The molecule has 1 aliphatic rings. The van der Waals surface area contributed by atoms with Crippen molar-refractivity contribution in [2.75, 3.05) is 13.1 Å². The van der Waals surface area contributed by atoms with Gasteiger partial charge in [0.05, 0.1) is 6.10 Å². The molecule has 6 nitrogen and oxygen atoms in total. The van der Waals surface area contributed by atoms with Gasteiger partial charge in [0.1, 0.15) is 10.4 Å². The molecule has 0 atom stereocenters. The standard InChI is InChI=1S/C23H27N3O3S/c1-16(2)28-22(27)24-18-11-13-26(14-12-18)15-17-7-9-19(10-8-17)29-23-25-20-5-3-4-6-21(20)30-23/h3-10,16,18H,11-15H2,1-2H3,(H,24,27)/p+1. The maximum atomic E-state index is 11.7. The molecule has 2 heterocycles. The third-order valence-corrected chi connectivity index (χ3v) is 6.07. The molecule has 3 aromatic rings. The van der Waals surface area contributed by atoms with Gasteiger partial charge in [0.25, 0.3) is 0 Å². The SMILES string of the molecule is CC(C)OC(=O)NC1CCN(Cc2ccc(Oc3[nH+]c4ccccc4s3)cc2)CC1. The first-order valence-corrected chi connectivity index (χ1v) is 11.2. The Kier molecular flexibility index (Phi) is 6.50. The van der Waals surface area contributed by atoms with E-state index in [1.807, 2.05) is 44.2 Å². The lowest BCUT2D eigenvalue weighted by Gasteiger charge is -2.32. The van der Waals surface area contributed by atoms with Gasteiger partial charge in [-0.1, -0.05) is 24.3 Å². The van der Waals surface area contributed by atoms with Gasteiger partial charge in [-0.05, 0) is 61.8 Å². The molecule has 1 aromatic heterocycles. The Morgan fingerprint density at radius 2 is 1.90 bits per heavy atom. The van der Waals surface area contributed by atoms with Gasteiger partial charge in [-0.2, -0.15) is 4.98 Å². The average Bonchev–Trinajstić information content (AvgIpc) is 3.12. The minimum Gasteiger partial charge on any atom is -0.447 e. The van der Waals surface area contributed by atoms with Crippen molar-refractivity contribution >= 4 is 27.6 Å². The summed E-state index contributed by atoms with van der Waals surface area (Å²) in [7, 11) is 0. The van der Waals surface area contributed by atoms with Crippen molar-refractivity contribution in [1.29, 1.82) is 0 Å². The summed E-state index contributed by atoms with van der Waals surface area (Å²) in [4.78, 5) is 17.5. The molecule has 2 N–H and O–H groups in total. The average molecular weight is 427 g/mol. The number of aromatic nitrogens is 1. The summed E-state index contributed by atoms with van der Waals surface area (Å²) < 4.78 is 12.3. The number of rotatable bonds is 6. The Morgan fingerprint density at radius 1 is 1.17 bits per heavy atom. The summed E-state index contributed by atoms with van der Waals surface area (Å²) in [5.74, 6) is 0.827. The zero-order chi connectivity index (χ0) is 20.9. The third-order valence-electron chi connectivity index (χ3n) is 5.12. The zero-order valence-electron chi connectivity index (χ0n) is 17.4. The minimum absolute atomic E-state index is 0.0891. The summed E-state index contributed by atoms with van der Waals surface area (Å²) >= 11 is 1.61. The number of hydrogen-bond donors (Lipinski definition) is 1. The van der Waals surface area contributed by atoms with Crippen molar-refractivity contribution in [2.45, 2.75) is 45.4 Å². The molecule has 0 radical (unpaired) electrons. The van der Waals surface area contributed by atoms with E-state index in [1.54, 1.807) is 11.3 Å². The van der Waals surface area contributed by atoms with Crippen LogP contribution in [-0.4, -0.2) is 36.2 Å². The van der Waals surface area contributed by atoms with Crippen molar-refractivity contribution in [3.63, 3.8) is 0 Å². The molecule has 7 heteroatoms. The number of carbonyl (C=O) groups excluding carboxylic acids is 1. The number of nitrogens with one attached hydrogen (secondary N) is 2. The van der Waals surface area contributed by atoms with Crippen LogP contribution < -0.4 is 15.0 Å². The second-order valence-corrected chi connectivity index (χ2v) is 8.92. The highest BCUT2D eigenvalue weighted by molar-refractivity contribution is 7.19. The molecule has 30 heavy (non-hydrogen) atoms. The lowest BCUT2D eigenvalue weighted by molar-refractivity contribution is -0.352. The van der Waals surface area contributed by atoms with E-state index in [2.05, 4.69) is 33.4 Å². The number of H-pyrrole nitrogens is 1. The number of aromatic amines is 1. The lowest BCUT2D eigenvalue weighted by Crippen LogP contribution is -2.44. The highest BCUT2D eigenvalue weighted by Crippen LogP contribution is 2.28. The predicted octanol–water partition coefficient (Wildman–Crippen LogP) is 4.61. The molecule has 0 saturated carbocycles. The number of thiazole rings is 1. The third kappa shape index (κ3) is 5.49. The van der Waals surface area contributed by atoms with E-state index < -0.39 is 0 Å². The largest absolute Gasteiger partial charge is 0.447 e. The molecular weight excluding hydrogens is 398 g/mol. The molecular formula is C23H28N3O3S+. The predicted molar refractivity (Wildman–Crippen MR) is 118 cm³/mol. The van der Waals surface area contributed by atoms with Crippen LogP contribution in [0.15, 0.2) is 48.5 Å². The first-order chi connectivity index (χ1) is 14.5. The van der Waals surface area contributed by atoms with Gasteiger partial charge in [0.15, 0.2) is 0 Å². The van der Waals surface area contributed by atoms with Gasteiger partial charge in [-0.3, -0.25) is 4.90 Å². The molecule has 0 unspecified atom stereocenters. The summed E-state index contributed by atoms with van der Waals surface area (Å²) in [6.45, 7) is 6.54. The van der Waals surface area contributed by atoms with Crippen LogP contribution in [-0.2, 0) is 11.3 Å². The lowest BCUT2D eigenvalue weighted by atomic mass is 10.0. The molecule has 1 saturated heterocycles. The van der Waals surface area contributed by atoms with Gasteiger partial charge in [-0.15, -0.1) is 0 Å². The van der Waals surface area contributed by atoms with Crippen molar-refractivity contribution in [3.05, 3.63) is 54.1 Å². The molecule has 0 aliphatic carbocycles. The van der Waals surface area contributed by atoms with Crippen molar-refractivity contribution in [3.8, 4) is 10.9 Å². The summed E-state index contributed by atoms with van der Waals surface area (Å²) in [6, 6.07) is 16.6. The number of hydrogen-bond acceptors (Lipinski definition) is 5. The fourth-order valence-corrected chi connectivity index (χ4v) is 4.49. The number of amides is 1. The number of ether oxygens (including phenoxy) is 2. The van der Waals surface area contributed by atoms with E-state index in [1.165, 1.54) is 10.3 Å². The number of fused-ring (bicyclic) bond motifs is 1. The van der Waals surface area contributed by atoms with Crippen LogP contribution in [0.5, 0.6) is 10.9 Å². The second-order valence-electron chi connectivity index (χ2n) is 7.91. The molecule has 1 fully saturated rings. The molecule has 1 amide bonds. The van der Waals surface area contributed by atoms with Gasteiger partial charge in [0, 0.05) is 31.7 Å². The molecule has 4 rings (SSSR count). The maximum Gasteiger partial charge on any atom is 0.435 e. The minimum atomic E-state index is -0.310. The highest BCUT2D eigenvalue weighted by Gasteiger charge is 2.21. The Bertz CT molecular complexity index is 946. The molecule has 0 spiro atoms. The van der Waals surface area contributed by atoms with Crippen LogP contribution in [0.4, 0.5) is 4.79 Å². The van der Waals surface area contributed by atoms with E-state index in [0.717, 1.165) is 48.9 Å². The van der Waals surface area contributed by atoms with E-state index in [4.69, 9.17) is 9.47 Å². The first-order valence-electron chi connectivity index (χ1n) is 10.4. The first kappa shape index (κ1) is 20.6. The van der Waals surface area contributed by atoms with Crippen LogP contribution in [0, 0.1) is 0 Å². The van der Waals surface area contributed by atoms with E-state index in [-0.39, 0.29) is 18.2 Å². The number of benzene rings is 2. The van der Waals surface area contributed by atoms with Crippen LogP contribution in [0.2, 0.25) is 0 Å². The number of para-hydroxylation sites is 1. The monoisotopic (exact) mass is 426 g/mol. The molecule has 158 valence electrons. The van der Waals surface area contributed by atoms with Crippen molar-refractivity contribution in [2.24, 2.45) is 0 Å². The van der Waals surface area contributed by atoms with Gasteiger partial charge >= 0.3 is 11.3 Å². The Morgan fingerprint density at radius 3 is 2.60 bits per heavy atom. The quantitative estimate of drug-likeness (QED) is 0.625. The van der Waals surface area contributed by atoms with Gasteiger partial charge < -0.3 is 14.8 Å². The van der Waals surface area contributed by atoms with Crippen LogP contribution >= 0.6 is 11.3 Å². The number of carbonyl (C=O) groups is 1. The summed E-state index contributed by atoms with van der Waals surface area (Å²) in [5, 5.41) is 3.76. The van der Waals surface area contributed by atoms with Crippen molar-refractivity contribution in [1.82, 2.24) is 10.2 Å². The van der Waals surface area contributed by atoms with E-state index >= 15 is 0 Å². The normalized spacial score (nSPS) is 15.4. The fraction of sp³-hybridized carbons (Fsp3) is 0.391. The Hall–Kier alpha value is -2.64. The van der Waals surface area contributed by atoms with Gasteiger partial charge in [-0.25, -0.2) is 4.79 Å². The van der Waals surface area contributed by atoms with E-state index in [9.17, 15) is 4.79 Å². The van der Waals surface area contributed by atoms with Crippen LogP contribution in [0.3, 0.4) is 0 Å². The van der Waals surface area contributed by atoms with Crippen molar-refractivity contribution < 1.29 is 19.3 Å². The van der Waals surface area contributed by atoms with Crippen LogP contribution in [0.1, 0.15) is 32.3 Å². The van der Waals surface area contributed by atoms with Crippen LogP contribution in [0.25, 0.3) is 10.2 Å². The van der Waals surface area contributed by atoms with Gasteiger partial charge in [0.2, 0.25) is 5.52 Å². The number of piperidine rings is 1. The highest BCUT2D eigenvalue weighted by atomic mass is 32.1. The zero-order valence-corrected chi connectivity index (χ0v) is 18.2. The number of alkyl carbamates (subject to hydrolysis) is 1. The smallest absolute Gasteiger partial charge is 0.435 e. The summed E-state index contributed by atoms with van der Waals surface area (Å²) in [5.41, 5.74) is 2.35. The Labute approximate surface area is 180 Å². The second kappa shape index (κ2) is 9.45. The maximum absolute atomic E-state index is 11.7. The topological polar surface area (TPSA) is 64.9 Å². The fourth-order valence-electron chi connectivity index (χ4n) is 3.62. The number of nitrogens with zero attached hydrogens (tertiary/aromatic N) is 1. The summed E-state index contributed by atoms with van der Waals surface area (Å²) in [6.07, 6.45) is 1.48. The molecule has 0 bridgehead atoms. The molecule has 1 aliphatic heterocycles. The van der Waals surface area contributed by atoms with E-state index in [0.29, 0.717) is 0 Å².